The van der Waals surface area contributed by atoms with E-state index in [1.165, 1.54) is 21.6 Å². The number of ether oxygens (including phenoxy) is 2. The van der Waals surface area contributed by atoms with Gasteiger partial charge in [-0.2, -0.15) is 0 Å². The first-order valence-corrected chi connectivity index (χ1v) is 20.9. The van der Waals surface area contributed by atoms with Crippen LogP contribution in [-0.4, -0.2) is 73.9 Å². The Kier molecular flexibility index (Phi) is 9.60. The number of fused-ring (bicyclic) bond motifs is 4. The molecule has 5 aliphatic rings. The third-order valence-electron chi connectivity index (χ3n) is 12.1. The second kappa shape index (κ2) is 13.8. The van der Waals surface area contributed by atoms with E-state index < -0.39 is 40.6 Å². The summed E-state index contributed by atoms with van der Waals surface area (Å²) in [5.74, 6) is 0.00245. The molecule has 0 amide bonds. The second-order valence-electron chi connectivity index (χ2n) is 15.8. The van der Waals surface area contributed by atoms with Gasteiger partial charge in [0.25, 0.3) is 0 Å². The highest BCUT2D eigenvalue weighted by Crippen LogP contribution is 2.61. The summed E-state index contributed by atoms with van der Waals surface area (Å²) in [6.45, 7) is 0.922. The first-order valence-electron chi connectivity index (χ1n) is 18.5. The van der Waals surface area contributed by atoms with Gasteiger partial charge in [0.2, 0.25) is 5.43 Å². The summed E-state index contributed by atoms with van der Waals surface area (Å²) >= 11 is 0. The molecule has 286 valence electrons. The van der Waals surface area contributed by atoms with Gasteiger partial charge in [-0.25, -0.2) is 4.99 Å². The van der Waals surface area contributed by atoms with E-state index >= 15 is 4.79 Å². The summed E-state index contributed by atoms with van der Waals surface area (Å²) in [6, 6.07) is 7.08. The van der Waals surface area contributed by atoms with Gasteiger partial charge in [0.05, 0.1) is 41.4 Å². The number of anilines is 1. The average molecular weight is 769 g/mol. The molecule has 53 heavy (non-hydrogen) atoms. The van der Waals surface area contributed by atoms with Crippen LogP contribution in [0.5, 0.6) is 11.5 Å². The number of guanidine groups is 1. The molecule has 2 saturated carbocycles. The Balaban J connectivity index is 1.48. The van der Waals surface area contributed by atoms with Gasteiger partial charge in [-0.3, -0.25) is 15.5 Å². The monoisotopic (exact) mass is 768 g/mol. The van der Waals surface area contributed by atoms with Crippen molar-refractivity contribution in [3.05, 3.63) is 62.5 Å². The molecular weight excluding hydrogens is 721 g/mol. The number of nitrogens with two attached hydrogens (primary N) is 2. The minimum atomic E-state index is -1.79. The Morgan fingerprint density at radius 3 is 2.47 bits per heavy atom. The number of rotatable bonds is 7. The fourth-order valence-corrected chi connectivity index (χ4v) is 12.5. The lowest BCUT2D eigenvalue weighted by molar-refractivity contribution is -0.0727. The molecule has 0 unspecified atom stereocenters. The molecule has 1 aromatic heterocycles. The van der Waals surface area contributed by atoms with E-state index in [4.69, 9.17) is 25.4 Å². The molecule has 0 radical (unpaired) electrons. The lowest BCUT2D eigenvalue weighted by Gasteiger charge is -2.41. The highest BCUT2D eigenvalue weighted by molar-refractivity contribution is 8.76. The van der Waals surface area contributed by atoms with E-state index in [1.807, 2.05) is 12.1 Å². The third kappa shape index (κ3) is 6.16. The van der Waals surface area contributed by atoms with Gasteiger partial charge < -0.3 is 45.8 Å². The van der Waals surface area contributed by atoms with E-state index in [2.05, 4.69) is 10.5 Å². The Bertz CT molecular complexity index is 1980. The minimum Gasteiger partial charge on any atom is -0.489 e. The smallest absolute Gasteiger partial charge is 0.200 e. The van der Waals surface area contributed by atoms with Crippen LogP contribution in [0.25, 0.3) is 11.0 Å². The topological polar surface area (TPSA) is 226 Å². The number of aliphatic hydroxyl groups excluding tert-OH is 2. The maximum atomic E-state index is 15.6. The lowest BCUT2D eigenvalue weighted by Crippen LogP contribution is -2.47. The number of hydrogen-bond acceptors (Lipinski definition) is 13. The number of hydrogen-bond donors (Lipinski definition) is 8. The molecule has 0 saturated heterocycles. The van der Waals surface area contributed by atoms with E-state index in [9.17, 15) is 25.6 Å². The number of benzene rings is 2. The molecule has 13 nitrogen and oxygen atoms in total. The number of aliphatic hydroxyl groups is 4. The molecule has 2 aromatic carbocycles. The van der Waals surface area contributed by atoms with Crippen molar-refractivity contribution < 1.29 is 39.5 Å². The normalized spacial score (nSPS) is 32.4. The maximum absolute atomic E-state index is 15.6. The molecule has 8 rings (SSSR count). The Morgan fingerprint density at radius 2 is 1.79 bits per heavy atom. The zero-order valence-electron chi connectivity index (χ0n) is 29.7. The van der Waals surface area contributed by atoms with Crippen molar-refractivity contribution in [1.82, 2.24) is 0 Å². The highest BCUT2D eigenvalue weighted by Gasteiger charge is 2.54. The summed E-state index contributed by atoms with van der Waals surface area (Å²) in [7, 11) is 2.66. The van der Waals surface area contributed by atoms with Crippen LogP contribution in [0.15, 0.2) is 38.5 Å². The van der Waals surface area contributed by atoms with E-state index in [-0.39, 0.29) is 70.9 Å². The Labute approximate surface area is 314 Å². The molecular formula is C38H48N4O9S2. The summed E-state index contributed by atoms with van der Waals surface area (Å²) in [6.07, 6.45) is 5.27. The van der Waals surface area contributed by atoms with Crippen LogP contribution in [-0.2, 0) is 5.60 Å². The molecule has 2 bridgehead atoms. The minimum absolute atomic E-state index is 0.0447. The first-order chi connectivity index (χ1) is 25.4. The van der Waals surface area contributed by atoms with E-state index in [0.717, 1.165) is 43.2 Å². The summed E-state index contributed by atoms with van der Waals surface area (Å²) < 4.78 is 20.7. The van der Waals surface area contributed by atoms with Crippen LogP contribution in [0.3, 0.4) is 0 Å². The van der Waals surface area contributed by atoms with Crippen molar-refractivity contribution in [2.45, 2.75) is 117 Å². The van der Waals surface area contributed by atoms with Gasteiger partial charge in [-0.05, 0) is 82.4 Å². The van der Waals surface area contributed by atoms with E-state index in [0.29, 0.717) is 42.0 Å². The molecule has 2 fully saturated rings. The molecule has 15 heteroatoms. The number of nitrogens with one attached hydrogen (secondary N) is 1. The summed E-state index contributed by atoms with van der Waals surface area (Å²) in [5, 5.41) is 55.6. The van der Waals surface area contributed by atoms with Gasteiger partial charge in [0, 0.05) is 35.1 Å². The Hall–Kier alpha value is -3.18. The van der Waals surface area contributed by atoms with Crippen molar-refractivity contribution in [1.29, 1.82) is 0 Å². The lowest BCUT2D eigenvalue weighted by atomic mass is 9.70. The molecule has 10 N–H and O–H groups in total. The highest BCUT2D eigenvalue weighted by atomic mass is 33.1. The molecule has 7 atom stereocenters. The van der Waals surface area contributed by atoms with Crippen molar-refractivity contribution in [2.24, 2.45) is 16.5 Å². The van der Waals surface area contributed by atoms with Crippen molar-refractivity contribution >= 4 is 44.2 Å². The van der Waals surface area contributed by atoms with Crippen LogP contribution in [0.1, 0.15) is 116 Å². The third-order valence-corrected chi connectivity index (χ3v) is 14.9. The fraction of sp³-hybridized carbons (Fsp3) is 0.579. The maximum Gasteiger partial charge on any atom is 0.200 e. The molecule has 2 aliphatic heterocycles. The predicted octanol–water partition coefficient (Wildman–Crippen LogP) is 4.63. The molecule has 0 spiro atoms. The molecule has 3 heterocycles. The first kappa shape index (κ1) is 36.8. The summed E-state index contributed by atoms with van der Waals surface area (Å²) in [5.41, 5.74) is 12.2. The van der Waals surface area contributed by atoms with Gasteiger partial charge in [0.15, 0.2) is 5.96 Å². The molecule has 3 aliphatic carbocycles. The fourth-order valence-electron chi connectivity index (χ4n) is 9.59. The molecule has 3 aromatic rings. The van der Waals surface area contributed by atoms with Gasteiger partial charge in [0.1, 0.15) is 45.5 Å². The quantitative estimate of drug-likeness (QED) is 0.0710. The average Bonchev–Trinajstić information content (AvgIpc) is 3.79. The van der Waals surface area contributed by atoms with Crippen molar-refractivity contribution in [3.63, 3.8) is 0 Å². The van der Waals surface area contributed by atoms with Crippen LogP contribution in [0.2, 0.25) is 0 Å². The van der Waals surface area contributed by atoms with Gasteiger partial charge in [-0.15, -0.1) is 0 Å². The SMILES string of the molecule is C[C@@]1(O)CCC[C@@H]2c3c(c4c5oc6c(c(=O)c5c3OC3CCCC3)[C@H](c3ccc(NO)cc3)CC[C@@]6(O)C[C@@](CO)(N=C(N)N)CSS[C@@H]4CO)O[C@@H]21. The van der Waals surface area contributed by atoms with Gasteiger partial charge in [-0.1, -0.05) is 33.7 Å². The Morgan fingerprint density at radius 1 is 1.04 bits per heavy atom. The number of aliphatic imine (C=N–C) groups is 1. The van der Waals surface area contributed by atoms with Crippen LogP contribution in [0.4, 0.5) is 5.69 Å². The van der Waals surface area contributed by atoms with Crippen LogP contribution in [0, 0.1) is 0 Å². The van der Waals surface area contributed by atoms with Crippen LogP contribution < -0.4 is 31.8 Å². The van der Waals surface area contributed by atoms with Crippen LogP contribution >= 0.6 is 21.6 Å². The van der Waals surface area contributed by atoms with Gasteiger partial charge >= 0.3 is 0 Å². The second-order valence-corrected chi connectivity index (χ2v) is 18.3. The van der Waals surface area contributed by atoms with Crippen molar-refractivity contribution in [3.8, 4) is 11.5 Å². The number of nitrogens with zero attached hydrogens (tertiary/aromatic N) is 1. The zero-order chi connectivity index (χ0) is 37.3. The van der Waals surface area contributed by atoms with Crippen molar-refractivity contribution in [2.75, 3.05) is 24.4 Å². The largest absolute Gasteiger partial charge is 0.489 e. The standard InChI is InChI=1S/C38H48N4O9S2/c1-36(46)13-4-7-23-26-30(50-33(23)36)27-24(15-43)53-52-18-37(17-44,41-35(39)40)16-38(47)14-12-22(19-8-10-20(42-48)11-9-19)25-29(45)28(32(27)51-34(25)38)31(26)49-21-5-2-3-6-21/h8-11,21-24,33,42-44,46-48H,2-7,12-18H2,1H3,(H4,39,40,41)/t22-,23+,24+,33-,36+,37-,38+/m0/s1. The zero-order valence-corrected chi connectivity index (χ0v) is 31.3. The predicted molar refractivity (Wildman–Crippen MR) is 204 cm³/mol. The summed E-state index contributed by atoms with van der Waals surface area (Å²) in [4.78, 5) is 20.1. The van der Waals surface area contributed by atoms with E-state index in [1.54, 1.807) is 19.1 Å².